The van der Waals surface area contributed by atoms with E-state index in [4.69, 9.17) is 0 Å². The molecular formula is C13H22. The van der Waals surface area contributed by atoms with Crippen molar-refractivity contribution in [2.75, 3.05) is 0 Å². The van der Waals surface area contributed by atoms with Crippen molar-refractivity contribution in [3.8, 4) is 0 Å². The van der Waals surface area contributed by atoms with Crippen molar-refractivity contribution in [2.24, 2.45) is 5.92 Å². The van der Waals surface area contributed by atoms with Crippen LogP contribution < -0.4 is 0 Å². The van der Waals surface area contributed by atoms with Gasteiger partial charge in [-0.3, -0.25) is 0 Å². The van der Waals surface area contributed by atoms with E-state index in [1.165, 1.54) is 11.1 Å². The Morgan fingerprint density at radius 3 is 2.31 bits per heavy atom. The largest absolute Gasteiger partial charge is 0.0842 e. The first-order valence-corrected chi connectivity index (χ1v) is 5.11. The summed E-state index contributed by atoms with van der Waals surface area (Å²) in [4.78, 5) is 0. The van der Waals surface area contributed by atoms with Gasteiger partial charge >= 0.3 is 0 Å². The molecule has 0 amide bonds. The van der Waals surface area contributed by atoms with Gasteiger partial charge in [0.1, 0.15) is 0 Å². The van der Waals surface area contributed by atoms with Crippen LogP contribution in [0.5, 0.6) is 0 Å². The lowest BCUT2D eigenvalue weighted by Gasteiger charge is -2.03. The van der Waals surface area contributed by atoms with Crippen molar-refractivity contribution in [1.29, 1.82) is 0 Å². The van der Waals surface area contributed by atoms with Gasteiger partial charge in [-0.05, 0) is 31.8 Å². The average Bonchev–Trinajstić information content (AvgIpc) is 2.11. The normalized spacial score (nSPS) is 14.6. The molecule has 0 N–H and O–H groups in total. The van der Waals surface area contributed by atoms with Crippen molar-refractivity contribution in [3.05, 3.63) is 35.5 Å². The van der Waals surface area contributed by atoms with Crippen LogP contribution in [-0.4, -0.2) is 0 Å². The first-order chi connectivity index (χ1) is 6.11. The standard InChI is InChI=1S/C13H22/c1-6-12(5)9-8-10-13(7-2)11(3)4/h7-11H,6H2,1-5H3. The van der Waals surface area contributed by atoms with Gasteiger partial charge in [-0.15, -0.1) is 0 Å². The summed E-state index contributed by atoms with van der Waals surface area (Å²) in [6.07, 6.45) is 9.84. The predicted octanol–water partition coefficient (Wildman–Crippen LogP) is 4.50. The molecule has 13 heavy (non-hydrogen) atoms. The van der Waals surface area contributed by atoms with Crippen LogP contribution in [0.4, 0.5) is 0 Å². The second-order valence-electron chi connectivity index (χ2n) is 3.67. The molecule has 0 aromatic heterocycles. The molecule has 0 rings (SSSR count). The van der Waals surface area contributed by atoms with Gasteiger partial charge in [0.15, 0.2) is 0 Å². The maximum atomic E-state index is 2.22. The Morgan fingerprint density at radius 2 is 1.92 bits per heavy atom. The highest BCUT2D eigenvalue weighted by Crippen LogP contribution is 2.10. The summed E-state index contributed by atoms with van der Waals surface area (Å²) in [7, 11) is 0. The first kappa shape index (κ1) is 12.2. The third-order valence-electron chi connectivity index (χ3n) is 2.23. The molecule has 0 aliphatic rings. The number of hydrogen-bond acceptors (Lipinski definition) is 0. The molecule has 0 atom stereocenters. The minimum Gasteiger partial charge on any atom is -0.0842 e. The van der Waals surface area contributed by atoms with Crippen molar-refractivity contribution in [1.82, 2.24) is 0 Å². The van der Waals surface area contributed by atoms with Gasteiger partial charge in [0.05, 0.1) is 0 Å². The summed E-state index contributed by atoms with van der Waals surface area (Å²) in [5, 5.41) is 0. The second-order valence-corrected chi connectivity index (χ2v) is 3.67. The third-order valence-corrected chi connectivity index (χ3v) is 2.23. The van der Waals surface area contributed by atoms with Crippen LogP contribution in [0.15, 0.2) is 35.5 Å². The van der Waals surface area contributed by atoms with Gasteiger partial charge in [-0.2, -0.15) is 0 Å². The molecule has 0 saturated carbocycles. The minimum atomic E-state index is 0.622. The van der Waals surface area contributed by atoms with Crippen LogP contribution in [0.3, 0.4) is 0 Å². The maximum absolute atomic E-state index is 2.22. The van der Waals surface area contributed by atoms with E-state index in [0.717, 1.165) is 6.42 Å². The van der Waals surface area contributed by atoms with E-state index in [1.54, 1.807) is 0 Å². The molecule has 0 heterocycles. The molecule has 0 aromatic rings. The molecule has 0 spiro atoms. The fraction of sp³-hybridized carbons (Fsp3) is 0.538. The summed E-state index contributed by atoms with van der Waals surface area (Å²) >= 11 is 0. The fourth-order valence-corrected chi connectivity index (χ4v) is 1.06. The van der Waals surface area contributed by atoms with Crippen molar-refractivity contribution in [3.63, 3.8) is 0 Å². The van der Waals surface area contributed by atoms with Crippen molar-refractivity contribution in [2.45, 2.75) is 41.0 Å². The van der Waals surface area contributed by atoms with E-state index in [-0.39, 0.29) is 0 Å². The van der Waals surface area contributed by atoms with Crippen LogP contribution in [-0.2, 0) is 0 Å². The van der Waals surface area contributed by atoms with Crippen LogP contribution in [0.1, 0.15) is 41.0 Å². The van der Waals surface area contributed by atoms with Crippen LogP contribution >= 0.6 is 0 Å². The summed E-state index contributed by atoms with van der Waals surface area (Å²) in [5.41, 5.74) is 2.83. The Morgan fingerprint density at radius 1 is 1.31 bits per heavy atom. The monoisotopic (exact) mass is 178 g/mol. The first-order valence-electron chi connectivity index (χ1n) is 5.11. The Labute approximate surface area is 83.0 Å². The molecule has 0 saturated heterocycles. The van der Waals surface area contributed by atoms with Gasteiger partial charge in [0.25, 0.3) is 0 Å². The highest BCUT2D eigenvalue weighted by Gasteiger charge is 1.95. The molecule has 0 heteroatoms. The van der Waals surface area contributed by atoms with Gasteiger partial charge < -0.3 is 0 Å². The average molecular weight is 178 g/mol. The van der Waals surface area contributed by atoms with Crippen LogP contribution in [0, 0.1) is 5.92 Å². The highest BCUT2D eigenvalue weighted by atomic mass is 14.0. The molecule has 0 aliphatic carbocycles. The van der Waals surface area contributed by atoms with Gasteiger partial charge in [-0.1, -0.05) is 50.6 Å². The molecular weight excluding hydrogens is 156 g/mol. The minimum absolute atomic E-state index is 0.622. The van der Waals surface area contributed by atoms with Gasteiger partial charge in [-0.25, -0.2) is 0 Å². The molecule has 0 nitrogen and oxygen atoms in total. The second kappa shape index (κ2) is 6.71. The molecule has 0 aliphatic heterocycles. The molecule has 0 unspecified atom stereocenters. The maximum Gasteiger partial charge on any atom is -0.0222 e. The van der Waals surface area contributed by atoms with E-state index in [1.807, 2.05) is 0 Å². The quantitative estimate of drug-likeness (QED) is 0.556. The zero-order valence-corrected chi connectivity index (χ0v) is 9.59. The van der Waals surface area contributed by atoms with E-state index in [9.17, 15) is 0 Å². The van der Waals surface area contributed by atoms with Crippen LogP contribution in [0.25, 0.3) is 0 Å². The number of rotatable bonds is 4. The fourth-order valence-electron chi connectivity index (χ4n) is 1.06. The number of hydrogen-bond donors (Lipinski definition) is 0. The van der Waals surface area contributed by atoms with Crippen molar-refractivity contribution < 1.29 is 0 Å². The zero-order chi connectivity index (χ0) is 10.3. The summed E-state index contributed by atoms with van der Waals surface area (Å²) in [5.74, 6) is 0.622. The molecule has 0 radical (unpaired) electrons. The summed E-state index contributed by atoms with van der Waals surface area (Å²) in [6.45, 7) is 10.9. The third kappa shape index (κ3) is 5.46. The van der Waals surface area contributed by atoms with Crippen molar-refractivity contribution >= 4 is 0 Å². The zero-order valence-electron chi connectivity index (χ0n) is 9.59. The topological polar surface area (TPSA) is 0 Å². The Balaban J connectivity index is 4.26. The Hall–Kier alpha value is -0.780. The number of allylic oxidation sites excluding steroid dienone is 6. The Kier molecular flexibility index (Phi) is 6.30. The predicted molar refractivity (Wildman–Crippen MR) is 61.8 cm³/mol. The summed E-state index contributed by atoms with van der Waals surface area (Å²) in [6, 6.07) is 0. The SMILES string of the molecule is CC=C(C=CC=C(C)CC)C(C)C. The molecule has 0 fully saturated rings. The lowest BCUT2D eigenvalue weighted by Crippen LogP contribution is -1.88. The van der Waals surface area contributed by atoms with Crippen LogP contribution in [0.2, 0.25) is 0 Å². The molecule has 0 bridgehead atoms. The van der Waals surface area contributed by atoms with Gasteiger partial charge in [0, 0.05) is 0 Å². The van der Waals surface area contributed by atoms with E-state index in [2.05, 4.69) is 58.9 Å². The smallest absolute Gasteiger partial charge is 0.0222 e. The summed E-state index contributed by atoms with van der Waals surface area (Å²) < 4.78 is 0. The van der Waals surface area contributed by atoms with Gasteiger partial charge in [0.2, 0.25) is 0 Å². The molecule has 74 valence electrons. The van der Waals surface area contributed by atoms with E-state index >= 15 is 0 Å². The Bertz CT molecular complexity index is 214. The lowest BCUT2D eigenvalue weighted by atomic mass is 10.0. The lowest BCUT2D eigenvalue weighted by molar-refractivity contribution is 0.789. The van der Waals surface area contributed by atoms with E-state index < -0.39 is 0 Å². The van der Waals surface area contributed by atoms with E-state index in [0.29, 0.717) is 5.92 Å². The highest BCUT2D eigenvalue weighted by molar-refractivity contribution is 5.24. The molecule has 0 aromatic carbocycles.